The second kappa shape index (κ2) is 11.9. The van der Waals surface area contributed by atoms with Gasteiger partial charge in [-0.2, -0.15) is 18.2 Å². The third-order valence-corrected chi connectivity index (χ3v) is 7.59. The lowest BCUT2D eigenvalue weighted by Crippen LogP contribution is -2.31. The van der Waals surface area contributed by atoms with Crippen molar-refractivity contribution in [3.63, 3.8) is 0 Å². The Hall–Kier alpha value is -4.65. The van der Waals surface area contributed by atoms with Crippen LogP contribution in [0.4, 0.5) is 29.3 Å². The predicted molar refractivity (Wildman–Crippen MR) is 160 cm³/mol. The zero-order valence-electron chi connectivity index (χ0n) is 23.6. The molecular weight excluding hydrogens is 581 g/mol. The quantitative estimate of drug-likeness (QED) is 0.252. The number of ether oxygens (including phenoxy) is 1. The fourth-order valence-corrected chi connectivity index (χ4v) is 5.36. The Morgan fingerprint density at radius 1 is 1.09 bits per heavy atom. The van der Waals surface area contributed by atoms with E-state index in [-0.39, 0.29) is 22.7 Å². The number of nitrogens with one attached hydrogen (secondary N) is 1. The third kappa shape index (κ3) is 6.41. The van der Waals surface area contributed by atoms with E-state index in [1.807, 2.05) is 39.0 Å². The smallest absolute Gasteiger partial charge is 0.416 e. The molecule has 0 saturated carbocycles. The fourth-order valence-electron chi connectivity index (χ4n) is 4.50. The van der Waals surface area contributed by atoms with Crippen LogP contribution in [-0.2, 0) is 11.0 Å². The van der Waals surface area contributed by atoms with Crippen molar-refractivity contribution in [2.75, 3.05) is 23.1 Å². The molecule has 1 saturated heterocycles. The van der Waals surface area contributed by atoms with Crippen molar-refractivity contribution < 1.29 is 27.5 Å². The van der Waals surface area contributed by atoms with Crippen molar-refractivity contribution in [3.05, 3.63) is 83.7 Å². The summed E-state index contributed by atoms with van der Waals surface area (Å²) in [5, 5.41) is 7.36. The minimum atomic E-state index is -4.43. The number of amides is 3. The van der Waals surface area contributed by atoms with E-state index in [4.69, 9.17) is 4.74 Å². The molecular formula is C30H27F3N6O3S. The second-order valence-electron chi connectivity index (χ2n) is 10.0. The summed E-state index contributed by atoms with van der Waals surface area (Å²) >= 11 is 1.19. The Bertz CT molecular complexity index is 1720. The van der Waals surface area contributed by atoms with Gasteiger partial charge in [0.05, 0.1) is 35.5 Å². The molecule has 2 heterocycles. The first kappa shape index (κ1) is 29.8. The maximum atomic E-state index is 13.0. The molecule has 0 radical (unpaired) electrons. The third-order valence-electron chi connectivity index (χ3n) is 6.66. The zero-order chi connectivity index (χ0) is 30.9. The number of aromatic nitrogens is 3. The Morgan fingerprint density at radius 3 is 2.51 bits per heavy atom. The van der Waals surface area contributed by atoms with Crippen molar-refractivity contribution in [2.45, 2.75) is 32.9 Å². The first-order valence-electron chi connectivity index (χ1n) is 13.2. The number of methoxy groups -OCH3 is 1. The molecule has 1 aliphatic rings. The molecule has 1 aliphatic heterocycles. The zero-order valence-corrected chi connectivity index (χ0v) is 24.5. The highest BCUT2D eigenvalue weighted by atomic mass is 32.2. The molecule has 222 valence electrons. The van der Waals surface area contributed by atoms with Gasteiger partial charge in [-0.05, 0) is 72.5 Å². The van der Waals surface area contributed by atoms with Crippen molar-refractivity contribution >= 4 is 40.2 Å². The standard InChI is InChI=1S/C30H27F3N6O3S/c1-17(2)22-11-5-18(3)13-24(22)39-26(40)15-43-29(39)36-28(41)35-23-12-6-19(14-25(23)42-4)27-34-16-38(37-27)21-9-7-20(8-10-21)30(31,32)33/h5-14,16-17H,15H2,1-4H3,(H,35,41)/b36-29-. The van der Waals surface area contributed by atoms with Gasteiger partial charge in [-0.15, -0.1) is 5.10 Å². The van der Waals surface area contributed by atoms with Crippen LogP contribution in [0.5, 0.6) is 5.75 Å². The summed E-state index contributed by atoms with van der Waals surface area (Å²) in [6.07, 6.45) is -3.04. The molecule has 1 N–H and O–H groups in total. The normalized spacial score (nSPS) is 14.6. The highest BCUT2D eigenvalue weighted by Gasteiger charge is 2.33. The summed E-state index contributed by atoms with van der Waals surface area (Å²) in [6, 6.07) is 14.7. The van der Waals surface area contributed by atoms with E-state index < -0.39 is 17.8 Å². The van der Waals surface area contributed by atoms with Crippen LogP contribution in [0.2, 0.25) is 0 Å². The van der Waals surface area contributed by atoms with Gasteiger partial charge in [0.2, 0.25) is 5.91 Å². The highest BCUT2D eigenvalue weighted by molar-refractivity contribution is 8.15. The molecule has 4 aromatic rings. The molecule has 5 rings (SSSR count). The number of anilines is 2. The minimum absolute atomic E-state index is 0.155. The lowest BCUT2D eigenvalue weighted by molar-refractivity contribution is -0.137. The number of halogens is 3. The fraction of sp³-hybridized carbons (Fsp3) is 0.233. The number of aliphatic imine (C=N–C) groups is 1. The molecule has 0 aliphatic carbocycles. The molecule has 3 aromatic carbocycles. The van der Waals surface area contributed by atoms with Crippen molar-refractivity contribution in [2.24, 2.45) is 4.99 Å². The van der Waals surface area contributed by atoms with Gasteiger partial charge in [0, 0.05) is 5.56 Å². The van der Waals surface area contributed by atoms with E-state index in [0.29, 0.717) is 34.2 Å². The van der Waals surface area contributed by atoms with Crippen LogP contribution in [0.1, 0.15) is 36.5 Å². The Kier molecular flexibility index (Phi) is 8.27. The number of benzene rings is 3. The molecule has 43 heavy (non-hydrogen) atoms. The summed E-state index contributed by atoms with van der Waals surface area (Å²) in [4.78, 5) is 35.8. The van der Waals surface area contributed by atoms with Crippen LogP contribution in [0.15, 0.2) is 72.0 Å². The van der Waals surface area contributed by atoms with Crippen LogP contribution in [0, 0.1) is 6.92 Å². The second-order valence-corrected chi connectivity index (χ2v) is 11.0. The van der Waals surface area contributed by atoms with E-state index >= 15 is 0 Å². The van der Waals surface area contributed by atoms with Gasteiger partial charge < -0.3 is 10.1 Å². The summed E-state index contributed by atoms with van der Waals surface area (Å²) in [5.41, 5.74) is 3.20. The number of alkyl halides is 3. The molecule has 9 nitrogen and oxygen atoms in total. The summed E-state index contributed by atoms with van der Waals surface area (Å²) in [6.45, 7) is 6.02. The molecule has 0 unspecified atom stereocenters. The maximum absolute atomic E-state index is 13.0. The van der Waals surface area contributed by atoms with E-state index in [1.54, 1.807) is 18.2 Å². The van der Waals surface area contributed by atoms with Crippen LogP contribution < -0.4 is 15.0 Å². The molecule has 1 fully saturated rings. The predicted octanol–water partition coefficient (Wildman–Crippen LogP) is 7.06. The van der Waals surface area contributed by atoms with Crippen molar-refractivity contribution in [1.82, 2.24) is 14.8 Å². The summed E-state index contributed by atoms with van der Waals surface area (Å²) in [5.74, 6) is 0.774. The topological polar surface area (TPSA) is 102 Å². The lowest BCUT2D eigenvalue weighted by Gasteiger charge is -2.22. The van der Waals surface area contributed by atoms with Gasteiger partial charge in [-0.25, -0.2) is 14.5 Å². The Labute approximate surface area is 249 Å². The summed E-state index contributed by atoms with van der Waals surface area (Å²) in [7, 11) is 1.44. The average Bonchev–Trinajstić information content (AvgIpc) is 3.59. The van der Waals surface area contributed by atoms with E-state index in [9.17, 15) is 22.8 Å². The van der Waals surface area contributed by atoms with E-state index in [0.717, 1.165) is 23.3 Å². The molecule has 1 aromatic heterocycles. The highest BCUT2D eigenvalue weighted by Crippen LogP contribution is 2.35. The van der Waals surface area contributed by atoms with Crippen LogP contribution >= 0.6 is 11.8 Å². The molecule has 0 bridgehead atoms. The van der Waals surface area contributed by atoms with Crippen LogP contribution in [0.3, 0.4) is 0 Å². The number of thioether (sulfide) groups is 1. The van der Waals surface area contributed by atoms with Gasteiger partial charge in [0.1, 0.15) is 12.1 Å². The van der Waals surface area contributed by atoms with Crippen molar-refractivity contribution in [3.8, 4) is 22.8 Å². The number of nitrogens with zero attached hydrogens (tertiary/aromatic N) is 5. The number of urea groups is 1. The number of carbonyl (C=O) groups excluding carboxylic acids is 2. The average molecular weight is 609 g/mol. The first-order chi connectivity index (χ1) is 20.4. The number of hydrogen-bond acceptors (Lipinski definition) is 6. The van der Waals surface area contributed by atoms with Crippen LogP contribution in [0.25, 0.3) is 17.1 Å². The maximum Gasteiger partial charge on any atom is 0.416 e. The van der Waals surface area contributed by atoms with Gasteiger partial charge in [-0.3, -0.25) is 9.69 Å². The van der Waals surface area contributed by atoms with Gasteiger partial charge >= 0.3 is 12.2 Å². The Balaban J connectivity index is 1.35. The first-order valence-corrected chi connectivity index (χ1v) is 14.2. The van der Waals surface area contributed by atoms with Crippen molar-refractivity contribution in [1.29, 1.82) is 0 Å². The number of amidine groups is 1. The SMILES string of the molecule is COc1cc(-c2ncn(-c3ccc(C(F)(F)F)cc3)n2)ccc1NC(=O)/N=C1\SCC(=O)N1c1cc(C)ccc1C(C)C. The molecule has 0 atom stereocenters. The van der Waals surface area contributed by atoms with E-state index in [1.165, 1.54) is 46.9 Å². The Morgan fingerprint density at radius 2 is 1.84 bits per heavy atom. The number of aryl methyl sites for hydroxylation is 1. The summed E-state index contributed by atoms with van der Waals surface area (Å²) < 4.78 is 45.5. The largest absolute Gasteiger partial charge is 0.495 e. The lowest BCUT2D eigenvalue weighted by atomic mass is 9.99. The number of hydrogen-bond donors (Lipinski definition) is 1. The number of carbonyl (C=O) groups is 2. The van der Waals surface area contributed by atoms with Crippen LogP contribution in [-0.4, -0.2) is 44.7 Å². The molecule has 13 heteroatoms. The molecule has 3 amide bonds. The number of rotatable bonds is 6. The monoisotopic (exact) mass is 608 g/mol. The van der Waals surface area contributed by atoms with Gasteiger partial charge in [-0.1, -0.05) is 37.7 Å². The molecule has 0 spiro atoms. The van der Waals surface area contributed by atoms with Gasteiger partial charge in [0.15, 0.2) is 11.0 Å². The van der Waals surface area contributed by atoms with Gasteiger partial charge in [0.25, 0.3) is 0 Å². The van der Waals surface area contributed by atoms with E-state index in [2.05, 4.69) is 20.4 Å². The minimum Gasteiger partial charge on any atom is -0.495 e.